The lowest BCUT2D eigenvalue weighted by Gasteiger charge is -2.35. The van der Waals surface area contributed by atoms with Crippen LogP contribution >= 0.6 is 11.8 Å². The zero-order chi connectivity index (χ0) is 13.8. The molecule has 0 aromatic rings. The van der Waals surface area contributed by atoms with Crippen molar-refractivity contribution in [2.24, 2.45) is 5.92 Å². The Bertz CT molecular complexity index is 322. The molecule has 0 aromatic heterocycles. The zero-order valence-electron chi connectivity index (χ0n) is 12.2. The molecule has 3 atom stereocenters. The lowest BCUT2D eigenvalue weighted by Crippen LogP contribution is -2.50. The van der Waals surface area contributed by atoms with Crippen LogP contribution in [0.3, 0.4) is 0 Å². The Morgan fingerprint density at radius 2 is 2.25 bits per heavy atom. The maximum atomic E-state index is 12.9. The van der Waals surface area contributed by atoms with Crippen molar-refractivity contribution in [1.82, 2.24) is 10.2 Å². The largest absolute Gasteiger partial charge is 0.376 e. The lowest BCUT2D eigenvalue weighted by molar-refractivity contribution is -0.139. The fraction of sp³-hybridized carbons (Fsp3) is 0.933. The Hall–Kier alpha value is -0.260. The van der Waals surface area contributed by atoms with Gasteiger partial charge in [-0.1, -0.05) is 0 Å². The van der Waals surface area contributed by atoms with Crippen LogP contribution in [0, 0.1) is 5.92 Å². The molecule has 3 aliphatic heterocycles. The van der Waals surface area contributed by atoms with Crippen molar-refractivity contribution in [3.05, 3.63) is 0 Å². The SMILES string of the molecule is O=C([C@@H]1CCCNC1)N(CC1CCCO1)C1CCSC1. The van der Waals surface area contributed by atoms with Gasteiger partial charge in [-0.3, -0.25) is 4.79 Å². The first-order valence-electron chi connectivity index (χ1n) is 8.05. The second-order valence-electron chi connectivity index (χ2n) is 6.19. The molecular formula is C15H26N2O2S. The van der Waals surface area contributed by atoms with Gasteiger partial charge in [0.1, 0.15) is 0 Å². The molecule has 4 nitrogen and oxygen atoms in total. The smallest absolute Gasteiger partial charge is 0.227 e. The fourth-order valence-corrected chi connectivity index (χ4v) is 4.72. The van der Waals surface area contributed by atoms with Crippen molar-refractivity contribution in [2.75, 3.05) is 37.7 Å². The molecule has 3 rings (SSSR count). The minimum atomic E-state index is 0.191. The third-order valence-corrected chi connectivity index (χ3v) is 5.84. The van der Waals surface area contributed by atoms with Crippen molar-refractivity contribution >= 4 is 17.7 Å². The Balaban J connectivity index is 1.64. The topological polar surface area (TPSA) is 41.6 Å². The number of rotatable bonds is 4. The minimum absolute atomic E-state index is 0.191. The van der Waals surface area contributed by atoms with Gasteiger partial charge in [0.2, 0.25) is 5.91 Å². The number of ether oxygens (including phenoxy) is 1. The minimum Gasteiger partial charge on any atom is -0.376 e. The van der Waals surface area contributed by atoms with Crippen LogP contribution in [-0.4, -0.2) is 60.7 Å². The molecule has 5 heteroatoms. The quantitative estimate of drug-likeness (QED) is 0.854. The predicted octanol–water partition coefficient (Wildman–Crippen LogP) is 1.50. The molecule has 3 heterocycles. The van der Waals surface area contributed by atoms with Gasteiger partial charge in [0.25, 0.3) is 0 Å². The van der Waals surface area contributed by atoms with E-state index in [4.69, 9.17) is 4.74 Å². The Morgan fingerprint density at radius 3 is 2.90 bits per heavy atom. The number of amides is 1. The number of carbonyl (C=O) groups excluding carboxylic acids is 1. The summed E-state index contributed by atoms with van der Waals surface area (Å²) in [7, 11) is 0. The molecule has 0 radical (unpaired) electrons. The highest BCUT2D eigenvalue weighted by Crippen LogP contribution is 2.27. The van der Waals surface area contributed by atoms with E-state index >= 15 is 0 Å². The second kappa shape index (κ2) is 7.14. The van der Waals surface area contributed by atoms with E-state index in [0.29, 0.717) is 11.9 Å². The first-order valence-corrected chi connectivity index (χ1v) is 9.20. The van der Waals surface area contributed by atoms with E-state index in [1.165, 1.54) is 5.75 Å². The molecule has 0 aliphatic carbocycles. The summed E-state index contributed by atoms with van der Waals surface area (Å²) in [6.45, 7) is 3.62. The van der Waals surface area contributed by atoms with Crippen LogP contribution in [0.4, 0.5) is 0 Å². The van der Waals surface area contributed by atoms with Gasteiger partial charge in [-0.25, -0.2) is 0 Å². The summed E-state index contributed by atoms with van der Waals surface area (Å²) in [4.78, 5) is 15.1. The Morgan fingerprint density at radius 1 is 1.30 bits per heavy atom. The van der Waals surface area contributed by atoms with Crippen molar-refractivity contribution in [2.45, 2.75) is 44.2 Å². The number of nitrogens with one attached hydrogen (secondary N) is 1. The van der Waals surface area contributed by atoms with Gasteiger partial charge in [0.05, 0.1) is 12.0 Å². The third-order valence-electron chi connectivity index (χ3n) is 4.70. The van der Waals surface area contributed by atoms with Gasteiger partial charge in [-0.15, -0.1) is 0 Å². The summed E-state index contributed by atoms with van der Waals surface area (Å²) in [6.07, 6.45) is 5.88. The third kappa shape index (κ3) is 3.49. The predicted molar refractivity (Wildman–Crippen MR) is 82.0 cm³/mol. The van der Waals surface area contributed by atoms with Gasteiger partial charge in [0.15, 0.2) is 0 Å². The maximum Gasteiger partial charge on any atom is 0.227 e. The van der Waals surface area contributed by atoms with Crippen LogP contribution in [-0.2, 0) is 9.53 Å². The summed E-state index contributed by atoms with van der Waals surface area (Å²) in [5.41, 5.74) is 0. The molecule has 2 unspecified atom stereocenters. The van der Waals surface area contributed by atoms with Crippen molar-refractivity contribution in [3.63, 3.8) is 0 Å². The highest BCUT2D eigenvalue weighted by atomic mass is 32.2. The van der Waals surface area contributed by atoms with E-state index in [-0.39, 0.29) is 12.0 Å². The molecule has 114 valence electrons. The Labute approximate surface area is 126 Å². The van der Waals surface area contributed by atoms with Crippen LogP contribution in [0.25, 0.3) is 0 Å². The highest BCUT2D eigenvalue weighted by Gasteiger charge is 2.34. The van der Waals surface area contributed by atoms with E-state index in [0.717, 1.165) is 64.1 Å². The van der Waals surface area contributed by atoms with Crippen LogP contribution in [0.5, 0.6) is 0 Å². The summed E-state index contributed by atoms with van der Waals surface area (Å²) < 4.78 is 5.76. The molecule has 0 aromatic carbocycles. The number of piperidine rings is 1. The average molecular weight is 298 g/mol. The molecule has 1 N–H and O–H groups in total. The van der Waals surface area contributed by atoms with Crippen LogP contribution in [0.15, 0.2) is 0 Å². The van der Waals surface area contributed by atoms with Crippen molar-refractivity contribution in [3.8, 4) is 0 Å². The van der Waals surface area contributed by atoms with Crippen LogP contribution in [0.1, 0.15) is 32.1 Å². The molecule has 3 saturated heterocycles. The summed E-state index contributed by atoms with van der Waals surface area (Å²) in [6, 6.07) is 0.443. The molecule has 0 spiro atoms. The van der Waals surface area contributed by atoms with Gasteiger partial charge >= 0.3 is 0 Å². The van der Waals surface area contributed by atoms with Gasteiger partial charge in [-0.05, 0) is 44.4 Å². The highest BCUT2D eigenvalue weighted by molar-refractivity contribution is 7.99. The summed E-state index contributed by atoms with van der Waals surface area (Å²) in [5, 5.41) is 3.37. The number of thioether (sulfide) groups is 1. The van der Waals surface area contributed by atoms with E-state index in [1.807, 2.05) is 11.8 Å². The van der Waals surface area contributed by atoms with Gasteiger partial charge in [0, 0.05) is 31.5 Å². The van der Waals surface area contributed by atoms with E-state index in [2.05, 4.69) is 10.2 Å². The van der Waals surface area contributed by atoms with E-state index in [1.54, 1.807) is 0 Å². The van der Waals surface area contributed by atoms with Crippen LogP contribution in [0.2, 0.25) is 0 Å². The summed E-state index contributed by atoms with van der Waals surface area (Å²) in [5.74, 6) is 2.87. The molecule has 1 amide bonds. The van der Waals surface area contributed by atoms with E-state index < -0.39 is 0 Å². The van der Waals surface area contributed by atoms with Gasteiger partial charge < -0.3 is 15.0 Å². The first kappa shape index (κ1) is 14.7. The van der Waals surface area contributed by atoms with E-state index in [9.17, 15) is 4.79 Å². The van der Waals surface area contributed by atoms with Crippen LogP contribution < -0.4 is 5.32 Å². The average Bonchev–Trinajstić information content (AvgIpc) is 3.18. The molecule has 0 bridgehead atoms. The maximum absolute atomic E-state index is 12.9. The molecule has 0 saturated carbocycles. The fourth-order valence-electron chi connectivity index (χ4n) is 3.49. The van der Waals surface area contributed by atoms with Gasteiger partial charge in [-0.2, -0.15) is 11.8 Å². The number of nitrogens with zero attached hydrogens (tertiary/aromatic N) is 1. The molecule has 3 fully saturated rings. The van der Waals surface area contributed by atoms with Crippen molar-refractivity contribution < 1.29 is 9.53 Å². The summed E-state index contributed by atoms with van der Waals surface area (Å²) >= 11 is 1.98. The Kier molecular flexibility index (Phi) is 5.24. The number of carbonyl (C=O) groups is 1. The number of hydrogen-bond donors (Lipinski definition) is 1. The lowest BCUT2D eigenvalue weighted by atomic mass is 9.97. The molecular weight excluding hydrogens is 272 g/mol. The zero-order valence-corrected chi connectivity index (χ0v) is 13.0. The second-order valence-corrected chi connectivity index (χ2v) is 7.34. The molecule has 20 heavy (non-hydrogen) atoms. The normalized spacial score (nSPS) is 34.3. The van der Waals surface area contributed by atoms with Crippen molar-refractivity contribution in [1.29, 1.82) is 0 Å². The number of hydrogen-bond acceptors (Lipinski definition) is 4. The molecule has 3 aliphatic rings. The monoisotopic (exact) mass is 298 g/mol. The standard InChI is InChI=1S/C15H26N2O2S/c18-15(12-3-1-6-16-9-12)17(13-5-8-20-11-13)10-14-4-2-7-19-14/h12-14,16H,1-11H2/t12-,13?,14?/m1/s1. The first-order chi connectivity index (χ1) is 9.84.